The van der Waals surface area contributed by atoms with Crippen molar-refractivity contribution in [3.63, 3.8) is 0 Å². The Balaban J connectivity index is 0.000000244. The average molecular weight is 214 g/mol. The first kappa shape index (κ1) is 10.0. The summed E-state index contributed by atoms with van der Waals surface area (Å²) in [5, 5.41) is 0. The van der Waals surface area contributed by atoms with Crippen molar-refractivity contribution < 1.29 is 0 Å². The highest BCUT2D eigenvalue weighted by molar-refractivity contribution is 7.39. The second-order valence-electron chi connectivity index (χ2n) is 3.03. The molecule has 0 unspecified atom stereocenters. The van der Waals surface area contributed by atoms with E-state index in [2.05, 4.69) is 58.3 Å². The van der Waals surface area contributed by atoms with Gasteiger partial charge in [-0.1, -0.05) is 60.7 Å². The van der Waals surface area contributed by atoms with Crippen LogP contribution in [-0.4, -0.2) is 0 Å². The van der Waals surface area contributed by atoms with E-state index < -0.39 is 0 Å². The minimum atomic E-state index is 0.583. The molecular weight excluding hydrogens is 203 g/mol. The second-order valence-corrected chi connectivity index (χ2v) is 3.63. The van der Waals surface area contributed by atoms with Gasteiger partial charge in [0, 0.05) is 0 Å². The quantitative estimate of drug-likeness (QED) is 0.632. The molecule has 74 valence electrons. The molecule has 0 spiro atoms. The zero-order valence-corrected chi connectivity index (χ0v) is 9.17. The third kappa shape index (κ3) is 3.61. The summed E-state index contributed by atoms with van der Waals surface area (Å²) in [7, 11) is 0.583. The number of nitrogens with zero attached hydrogens (tertiary/aromatic N) is 2. The summed E-state index contributed by atoms with van der Waals surface area (Å²) in [5.41, 5.74) is 2.55. The number of hydrogen-bond donors (Lipinski definition) is 0. The molecule has 0 aromatic heterocycles. The van der Waals surface area contributed by atoms with Crippen molar-refractivity contribution >= 4 is 8.88 Å². The van der Waals surface area contributed by atoms with Gasteiger partial charge in [0.1, 0.15) is 0 Å². The van der Waals surface area contributed by atoms with Crippen LogP contribution >= 0.6 is 8.88 Å². The monoisotopic (exact) mass is 214 g/mol. The molecule has 1 heterocycles. The van der Waals surface area contributed by atoms with Crippen molar-refractivity contribution in [2.75, 3.05) is 0 Å². The van der Waals surface area contributed by atoms with E-state index in [0.717, 1.165) is 0 Å². The third-order valence-electron chi connectivity index (χ3n) is 1.98. The Labute approximate surface area is 91.0 Å². The van der Waals surface area contributed by atoms with Crippen molar-refractivity contribution in [3.05, 3.63) is 60.7 Å². The number of hydrogen-bond acceptors (Lipinski definition) is 2. The summed E-state index contributed by atoms with van der Waals surface area (Å²) in [4.78, 5) is 6.81. The lowest BCUT2D eigenvalue weighted by atomic mass is 10.1. The molecule has 3 rings (SSSR count). The van der Waals surface area contributed by atoms with Crippen molar-refractivity contribution in [1.29, 1.82) is 0 Å². The van der Waals surface area contributed by atoms with Gasteiger partial charge in [-0.15, -0.1) is 9.77 Å². The van der Waals surface area contributed by atoms with E-state index in [1.54, 1.807) is 0 Å². The van der Waals surface area contributed by atoms with Crippen molar-refractivity contribution in [3.8, 4) is 11.1 Å². The van der Waals surface area contributed by atoms with Crippen LogP contribution in [0.5, 0.6) is 0 Å². The van der Waals surface area contributed by atoms with E-state index in [4.69, 9.17) is 0 Å². The maximum atomic E-state index is 3.40. The minimum absolute atomic E-state index is 0.583. The first-order valence-corrected chi connectivity index (χ1v) is 5.61. The van der Waals surface area contributed by atoms with Crippen LogP contribution in [0.3, 0.4) is 0 Å². The van der Waals surface area contributed by atoms with Gasteiger partial charge in [0.25, 0.3) is 0 Å². The summed E-state index contributed by atoms with van der Waals surface area (Å²) in [6.07, 6.45) is 0. The summed E-state index contributed by atoms with van der Waals surface area (Å²) in [6, 6.07) is 20.8. The summed E-state index contributed by atoms with van der Waals surface area (Å²) in [5.74, 6) is 0. The van der Waals surface area contributed by atoms with Crippen LogP contribution in [0.1, 0.15) is 0 Å². The lowest BCUT2D eigenvalue weighted by Gasteiger charge is -1.98. The number of rotatable bonds is 1. The molecule has 1 aliphatic rings. The van der Waals surface area contributed by atoms with E-state index >= 15 is 0 Å². The minimum Gasteiger partial charge on any atom is -0.142 e. The Kier molecular flexibility index (Phi) is 3.58. The van der Waals surface area contributed by atoms with Crippen LogP contribution in [0, 0.1) is 0 Å². The smallest absolute Gasteiger partial charge is 0.142 e. The first-order valence-electron chi connectivity index (χ1n) is 4.72. The molecule has 0 bridgehead atoms. The zero-order chi connectivity index (χ0) is 10.3. The molecular formula is C12H11N2P. The SMILES string of the molecule is N1=NP1.c1ccc(-c2ccccc2)cc1. The van der Waals surface area contributed by atoms with Gasteiger partial charge >= 0.3 is 0 Å². The molecule has 2 aromatic rings. The highest BCUT2D eigenvalue weighted by Crippen LogP contribution is 2.29. The topological polar surface area (TPSA) is 24.7 Å². The lowest BCUT2D eigenvalue weighted by molar-refractivity contribution is 1.62. The highest BCUT2D eigenvalue weighted by atomic mass is 31.1. The molecule has 0 atom stereocenters. The Morgan fingerprint density at radius 1 is 0.600 bits per heavy atom. The first-order chi connectivity index (χ1) is 7.47. The zero-order valence-electron chi connectivity index (χ0n) is 8.17. The van der Waals surface area contributed by atoms with Gasteiger partial charge in [-0.05, 0) is 11.1 Å². The van der Waals surface area contributed by atoms with Crippen molar-refractivity contribution in [1.82, 2.24) is 0 Å². The molecule has 0 radical (unpaired) electrons. The van der Waals surface area contributed by atoms with Gasteiger partial charge in [-0.2, -0.15) is 0 Å². The molecule has 0 saturated heterocycles. The maximum absolute atomic E-state index is 3.40. The van der Waals surface area contributed by atoms with Gasteiger partial charge < -0.3 is 0 Å². The summed E-state index contributed by atoms with van der Waals surface area (Å²) < 4.78 is 0. The Morgan fingerprint density at radius 2 is 0.933 bits per heavy atom. The van der Waals surface area contributed by atoms with Crippen LogP contribution in [0.25, 0.3) is 11.1 Å². The average Bonchev–Trinajstić information content (AvgIpc) is 3.19. The molecule has 2 nitrogen and oxygen atoms in total. The van der Waals surface area contributed by atoms with Gasteiger partial charge in [0.15, 0.2) is 8.88 Å². The molecule has 0 N–H and O–H groups in total. The van der Waals surface area contributed by atoms with Crippen LogP contribution in [0.15, 0.2) is 70.4 Å². The molecule has 1 aliphatic heterocycles. The summed E-state index contributed by atoms with van der Waals surface area (Å²) in [6.45, 7) is 0. The fourth-order valence-corrected chi connectivity index (χ4v) is 1.26. The Hall–Kier alpha value is -1.53. The molecule has 0 fully saturated rings. The van der Waals surface area contributed by atoms with Crippen LogP contribution in [0.4, 0.5) is 0 Å². The highest BCUT2D eigenvalue weighted by Gasteiger charge is 1.91. The molecule has 2 aromatic carbocycles. The predicted molar refractivity (Wildman–Crippen MR) is 65.0 cm³/mol. The maximum Gasteiger partial charge on any atom is 0.171 e. The van der Waals surface area contributed by atoms with Crippen LogP contribution < -0.4 is 0 Å². The van der Waals surface area contributed by atoms with Crippen LogP contribution in [-0.2, 0) is 0 Å². The van der Waals surface area contributed by atoms with Crippen molar-refractivity contribution in [2.24, 2.45) is 9.77 Å². The van der Waals surface area contributed by atoms with E-state index in [1.165, 1.54) is 11.1 Å². The number of benzene rings is 2. The van der Waals surface area contributed by atoms with Gasteiger partial charge in [-0.3, -0.25) is 0 Å². The molecule has 0 saturated carbocycles. The Bertz CT molecular complexity index is 384. The van der Waals surface area contributed by atoms with Gasteiger partial charge in [-0.25, -0.2) is 0 Å². The predicted octanol–water partition coefficient (Wildman–Crippen LogP) is 4.31. The van der Waals surface area contributed by atoms with Crippen LogP contribution in [0.2, 0.25) is 0 Å². The van der Waals surface area contributed by atoms with E-state index in [0.29, 0.717) is 8.88 Å². The third-order valence-corrected chi connectivity index (χ3v) is 2.18. The normalized spacial score (nSPS) is 11.5. The molecule has 0 aliphatic carbocycles. The van der Waals surface area contributed by atoms with E-state index in [1.807, 2.05) is 12.1 Å². The molecule has 15 heavy (non-hydrogen) atoms. The van der Waals surface area contributed by atoms with Gasteiger partial charge in [0.2, 0.25) is 0 Å². The van der Waals surface area contributed by atoms with E-state index in [-0.39, 0.29) is 0 Å². The fraction of sp³-hybridized carbons (Fsp3) is 0. The summed E-state index contributed by atoms with van der Waals surface area (Å²) >= 11 is 0. The molecule has 3 heteroatoms. The van der Waals surface area contributed by atoms with Crippen molar-refractivity contribution in [2.45, 2.75) is 0 Å². The Morgan fingerprint density at radius 3 is 1.20 bits per heavy atom. The standard InChI is InChI=1S/C12H10.HN2P/c1-3-7-11(8-4-1)12-9-5-2-6-10-12;1-2-3-1/h1-10H;3H. The fourth-order valence-electron chi connectivity index (χ4n) is 1.26. The largest absolute Gasteiger partial charge is 0.171 e. The molecule has 0 amide bonds. The lowest BCUT2D eigenvalue weighted by Crippen LogP contribution is -1.73. The van der Waals surface area contributed by atoms with E-state index in [9.17, 15) is 0 Å². The van der Waals surface area contributed by atoms with Gasteiger partial charge in [0.05, 0.1) is 0 Å². The second kappa shape index (κ2) is 5.38.